The second kappa shape index (κ2) is 9.43. The van der Waals surface area contributed by atoms with E-state index in [1.165, 1.54) is 0 Å². The van der Waals surface area contributed by atoms with Crippen LogP contribution in [0.5, 0.6) is 11.6 Å². The van der Waals surface area contributed by atoms with Crippen molar-refractivity contribution < 1.29 is 14.3 Å². The van der Waals surface area contributed by atoms with Gasteiger partial charge in [0.15, 0.2) is 0 Å². The summed E-state index contributed by atoms with van der Waals surface area (Å²) < 4.78 is 11.9. The van der Waals surface area contributed by atoms with Crippen LogP contribution in [0.3, 0.4) is 0 Å². The maximum atomic E-state index is 12.0. The first-order chi connectivity index (χ1) is 16.7. The topological polar surface area (TPSA) is 101 Å². The van der Waals surface area contributed by atoms with E-state index in [0.717, 1.165) is 42.2 Å². The van der Waals surface area contributed by atoms with Gasteiger partial charge in [0.1, 0.15) is 17.5 Å². The normalized spacial score (nSPS) is 13.7. The van der Waals surface area contributed by atoms with Crippen LogP contribution < -0.4 is 20.1 Å². The lowest BCUT2D eigenvalue weighted by atomic mass is 10.1. The third-order valence-corrected chi connectivity index (χ3v) is 6.10. The zero-order valence-corrected chi connectivity index (χ0v) is 19.2. The highest BCUT2D eigenvalue weighted by molar-refractivity contribution is 5.98. The number of anilines is 2. The van der Waals surface area contributed by atoms with Crippen molar-refractivity contribution in [1.82, 2.24) is 20.3 Å². The van der Waals surface area contributed by atoms with E-state index >= 15 is 0 Å². The number of benzene rings is 2. The van der Waals surface area contributed by atoms with E-state index in [4.69, 9.17) is 19.4 Å². The Morgan fingerprint density at radius 2 is 1.88 bits per heavy atom. The van der Waals surface area contributed by atoms with Gasteiger partial charge in [0, 0.05) is 24.4 Å². The molecular formula is C26H27N5O3. The van der Waals surface area contributed by atoms with E-state index in [0.29, 0.717) is 34.5 Å². The van der Waals surface area contributed by atoms with Crippen LogP contribution in [0.15, 0.2) is 54.7 Å². The molecule has 5 rings (SSSR count). The number of amides is 1. The summed E-state index contributed by atoms with van der Waals surface area (Å²) in [5.41, 5.74) is 3.91. The van der Waals surface area contributed by atoms with E-state index in [-0.39, 0.29) is 12.0 Å². The molecule has 1 fully saturated rings. The predicted molar refractivity (Wildman–Crippen MR) is 132 cm³/mol. The Balaban J connectivity index is 1.55. The molecule has 1 aliphatic rings. The maximum Gasteiger partial charge on any atom is 0.251 e. The molecule has 0 bridgehead atoms. The molecule has 3 N–H and O–H groups in total. The highest BCUT2D eigenvalue weighted by Crippen LogP contribution is 2.37. The Morgan fingerprint density at radius 3 is 2.62 bits per heavy atom. The fourth-order valence-corrected chi connectivity index (χ4v) is 4.35. The molecule has 1 amide bonds. The van der Waals surface area contributed by atoms with Gasteiger partial charge >= 0.3 is 0 Å². The molecule has 0 aliphatic heterocycles. The van der Waals surface area contributed by atoms with Crippen LogP contribution in [0.2, 0.25) is 0 Å². The molecule has 0 radical (unpaired) electrons. The van der Waals surface area contributed by atoms with E-state index in [2.05, 4.69) is 27.8 Å². The Bertz CT molecular complexity index is 1310. The molecule has 0 unspecified atom stereocenters. The smallest absolute Gasteiger partial charge is 0.251 e. The lowest BCUT2D eigenvalue weighted by Gasteiger charge is -2.16. The van der Waals surface area contributed by atoms with Gasteiger partial charge in [-0.25, -0.2) is 0 Å². The van der Waals surface area contributed by atoms with Crippen molar-refractivity contribution in [3.05, 3.63) is 60.3 Å². The predicted octanol–water partition coefficient (Wildman–Crippen LogP) is 5.06. The molecule has 8 heteroatoms. The molecule has 0 atom stereocenters. The molecule has 0 spiro atoms. The lowest BCUT2D eigenvalue weighted by Crippen LogP contribution is -2.17. The molecule has 34 heavy (non-hydrogen) atoms. The third kappa shape index (κ3) is 4.26. The van der Waals surface area contributed by atoms with Crippen LogP contribution >= 0.6 is 0 Å². The molecule has 1 saturated carbocycles. The number of carbonyl (C=O) groups excluding carboxylic acids is 1. The maximum absolute atomic E-state index is 12.0. The zero-order valence-electron chi connectivity index (χ0n) is 19.2. The molecule has 2 heterocycles. The van der Waals surface area contributed by atoms with Crippen molar-refractivity contribution in [2.24, 2.45) is 0 Å². The second-order valence-corrected chi connectivity index (χ2v) is 8.29. The van der Waals surface area contributed by atoms with Crippen molar-refractivity contribution in [3.8, 4) is 22.8 Å². The van der Waals surface area contributed by atoms with Gasteiger partial charge in [-0.3, -0.25) is 4.79 Å². The van der Waals surface area contributed by atoms with Gasteiger partial charge in [-0.15, -0.1) is 0 Å². The van der Waals surface area contributed by atoms with Crippen LogP contribution in [0, 0.1) is 0 Å². The van der Waals surface area contributed by atoms with E-state index in [1.807, 2.05) is 24.4 Å². The Hall–Kier alpha value is -4.07. The summed E-state index contributed by atoms with van der Waals surface area (Å²) >= 11 is 0. The van der Waals surface area contributed by atoms with Crippen molar-refractivity contribution >= 4 is 28.6 Å². The van der Waals surface area contributed by atoms with Crippen LogP contribution in [0.1, 0.15) is 36.0 Å². The molecule has 8 nitrogen and oxygen atoms in total. The SMILES string of the molecule is CNC(=O)c1ccc(Nc2nc(OC3CCCC3)c3c(-c4ccccc4)c[nH]c3n2)c(OC)c1. The minimum absolute atomic E-state index is 0.144. The largest absolute Gasteiger partial charge is 0.495 e. The molecular weight excluding hydrogens is 430 g/mol. The van der Waals surface area contributed by atoms with Crippen LogP contribution in [0.4, 0.5) is 11.6 Å². The number of hydrogen-bond donors (Lipinski definition) is 3. The monoisotopic (exact) mass is 457 g/mol. The van der Waals surface area contributed by atoms with Gasteiger partial charge < -0.3 is 25.1 Å². The first-order valence-electron chi connectivity index (χ1n) is 11.4. The minimum Gasteiger partial charge on any atom is -0.495 e. The molecule has 1 aliphatic carbocycles. The zero-order chi connectivity index (χ0) is 23.5. The molecule has 174 valence electrons. The molecule has 2 aromatic heterocycles. The Labute approximate surface area is 197 Å². The number of aromatic nitrogens is 3. The van der Waals surface area contributed by atoms with Crippen molar-refractivity contribution in [3.63, 3.8) is 0 Å². The van der Waals surface area contributed by atoms with Gasteiger partial charge in [0.25, 0.3) is 5.91 Å². The van der Waals surface area contributed by atoms with Crippen molar-refractivity contribution in [2.45, 2.75) is 31.8 Å². The summed E-state index contributed by atoms with van der Waals surface area (Å²) in [7, 11) is 3.15. The Kier molecular flexibility index (Phi) is 6.03. The highest BCUT2D eigenvalue weighted by atomic mass is 16.5. The summed E-state index contributed by atoms with van der Waals surface area (Å²) in [6.45, 7) is 0. The van der Waals surface area contributed by atoms with Crippen molar-refractivity contribution in [1.29, 1.82) is 0 Å². The van der Waals surface area contributed by atoms with E-state index < -0.39 is 0 Å². The first kappa shape index (κ1) is 21.8. The van der Waals surface area contributed by atoms with E-state index in [1.54, 1.807) is 32.4 Å². The number of aromatic amines is 1. The van der Waals surface area contributed by atoms with Crippen LogP contribution in [0.25, 0.3) is 22.2 Å². The number of fused-ring (bicyclic) bond motifs is 1. The highest BCUT2D eigenvalue weighted by Gasteiger charge is 2.22. The fraction of sp³-hybridized carbons (Fsp3) is 0.269. The lowest BCUT2D eigenvalue weighted by molar-refractivity contribution is 0.0963. The molecule has 4 aromatic rings. The van der Waals surface area contributed by atoms with Crippen LogP contribution in [-0.2, 0) is 0 Å². The number of H-pyrrole nitrogens is 1. The standard InChI is InChI=1S/C26H27N5O3/c1-27-24(32)17-12-13-20(21(14-17)33-2)29-26-30-23-22(25(31-26)34-18-10-6-7-11-18)19(15-28-23)16-8-4-3-5-9-16/h3-5,8-9,12-15,18H,6-7,10-11H2,1-2H3,(H,27,32)(H2,28,29,30,31). The second-order valence-electron chi connectivity index (χ2n) is 8.29. The molecule has 0 saturated heterocycles. The van der Waals surface area contributed by atoms with Gasteiger partial charge in [-0.05, 0) is 49.4 Å². The van der Waals surface area contributed by atoms with Gasteiger partial charge in [0.2, 0.25) is 11.8 Å². The van der Waals surface area contributed by atoms with Gasteiger partial charge in [-0.2, -0.15) is 9.97 Å². The fourth-order valence-electron chi connectivity index (χ4n) is 4.35. The quantitative estimate of drug-likeness (QED) is 0.359. The summed E-state index contributed by atoms with van der Waals surface area (Å²) in [6, 6.07) is 15.3. The number of nitrogens with one attached hydrogen (secondary N) is 3. The first-order valence-corrected chi connectivity index (χ1v) is 11.4. The number of carbonyl (C=O) groups is 1. The summed E-state index contributed by atoms with van der Waals surface area (Å²) in [5, 5.41) is 6.72. The summed E-state index contributed by atoms with van der Waals surface area (Å²) in [5.74, 6) is 1.27. The number of methoxy groups -OCH3 is 1. The average Bonchev–Trinajstić information content (AvgIpc) is 3.54. The number of nitrogens with zero attached hydrogens (tertiary/aromatic N) is 2. The number of hydrogen-bond acceptors (Lipinski definition) is 6. The number of ether oxygens (including phenoxy) is 2. The Morgan fingerprint density at radius 1 is 1.09 bits per heavy atom. The summed E-state index contributed by atoms with van der Waals surface area (Å²) in [6.07, 6.45) is 6.46. The minimum atomic E-state index is -0.186. The van der Waals surface area contributed by atoms with Gasteiger partial charge in [0.05, 0.1) is 18.2 Å². The molecule has 2 aromatic carbocycles. The van der Waals surface area contributed by atoms with Gasteiger partial charge in [-0.1, -0.05) is 30.3 Å². The van der Waals surface area contributed by atoms with Crippen LogP contribution in [-0.4, -0.2) is 41.1 Å². The third-order valence-electron chi connectivity index (χ3n) is 6.10. The van der Waals surface area contributed by atoms with E-state index in [9.17, 15) is 4.79 Å². The average molecular weight is 458 g/mol. The van der Waals surface area contributed by atoms with Crippen molar-refractivity contribution in [2.75, 3.05) is 19.5 Å². The number of rotatable bonds is 7. The summed E-state index contributed by atoms with van der Waals surface area (Å²) in [4.78, 5) is 24.8.